The van der Waals surface area contributed by atoms with E-state index in [0.29, 0.717) is 16.5 Å². The molecule has 2 rings (SSSR count). The van der Waals surface area contributed by atoms with Crippen molar-refractivity contribution in [2.45, 2.75) is 25.7 Å². The van der Waals surface area contributed by atoms with Crippen LogP contribution in [0.15, 0.2) is 18.2 Å². The molecule has 1 aromatic carbocycles. The van der Waals surface area contributed by atoms with Gasteiger partial charge in [0.25, 0.3) is 5.91 Å². The van der Waals surface area contributed by atoms with Crippen molar-refractivity contribution in [1.29, 1.82) is 0 Å². The summed E-state index contributed by atoms with van der Waals surface area (Å²) in [5.74, 6) is 0.363. The lowest BCUT2D eigenvalue weighted by molar-refractivity contribution is 0.0657. The van der Waals surface area contributed by atoms with Crippen LogP contribution in [0.5, 0.6) is 5.75 Å². The van der Waals surface area contributed by atoms with Crippen LogP contribution in [0.3, 0.4) is 0 Å². The Bertz CT molecular complexity index is 492. The number of likely N-dealkylation sites (tertiary alicyclic amines) is 1. The van der Waals surface area contributed by atoms with Crippen LogP contribution in [-0.2, 0) is 4.74 Å². The SMILES string of the molecule is COCCCC1CCCN(C(=O)c2ccc(Cl)cc2O)C1. The third-order valence-corrected chi connectivity index (χ3v) is 4.19. The first-order valence-electron chi connectivity index (χ1n) is 7.38. The Balaban J connectivity index is 1.98. The zero-order chi connectivity index (χ0) is 15.2. The first kappa shape index (κ1) is 16.1. The third kappa shape index (κ3) is 4.35. The van der Waals surface area contributed by atoms with E-state index in [1.54, 1.807) is 19.2 Å². The van der Waals surface area contributed by atoms with Gasteiger partial charge in [0.15, 0.2) is 0 Å². The molecule has 1 heterocycles. The summed E-state index contributed by atoms with van der Waals surface area (Å²) in [5.41, 5.74) is 0.331. The lowest BCUT2D eigenvalue weighted by Gasteiger charge is -2.33. The molecule has 0 aliphatic carbocycles. The number of nitrogens with zero attached hydrogens (tertiary/aromatic N) is 1. The molecule has 0 aromatic heterocycles. The van der Waals surface area contributed by atoms with E-state index in [-0.39, 0.29) is 11.7 Å². The molecule has 5 heteroatoms. The molecule has 0 bridgehead atoms. The number of rotatable bonds is 5. The fourth-order valence-corrected chi connectivity index (χ4v) is 3.02. The predicted octanol–water partition coefficient (Wildman–Crippen LogP) is 3.32. The molecule has 4 nitrogen and oxygen atoms in total. The van der Waals surface area contributed by atoms with Gasteiger partial charge < -0.3 is 14.7 Å². The first-order chi connectivity index (χ1) is 10.1. The molecule has 1 unspecified atom stereocenters. The normalized spacial score (nSPS) is 18.8. The van der Waals surface area contributed by atoms with Crippen LogP contribution in [0.1, 0.15) is 36.0 Å². The standard InChI is InChI=1S/C16H22ClNO3/c1-21-9-3-5-12-4-2-8-18(11-12)16(20)14-7-6-13(17)10-15(14)19/h6-7,10,12,19H,2-5,8-9,11H2,1H3. The molecule has 0 saturated carbocycles. The maximum atomic E-state index is 12.5. The predicted molar refractivity (Wildman–Crippen MR) is 82.9 cm³/mol. The van der Waals surface area contributed by atoms with Gasteiger partial charge in [-0.15, -0.1) is 0 Å². The first-order valence-corrected chi connectivity index (χ1v) is 7.76. The summed E-state index contributed by atoms with van der Waals surface area (Å²) in [7, 11) is 1.71. The Labute approximate surface area is 130 Å². The fourth-order valence-electron chi connectivity index (χ4n) is 2.86. The van der Waals surface area contributed by atoms with Crippen molar-refractivity contribution in [2.24, 2.45) is 5.92 Å². The maximum absolute atomic E-state index is 12.5. The number of amides is 1. The van der Waals surface area contributed by atoms with E-state index in [1.165, 1.54) is 6.07 Å². The third-order valence-electron chi connectivity index (χ3n) is 3.96. The number of hydrogen-bond donors (Lipinski definition) is 1. The van der Waals surface area contributed by atoms with E-state index in [2.05, 4.69) is 0 Å². The van der Waals surface area contributed by atoms with Crippen LogP contribution in [-0.4, -0.2) is 42.7 Å². The van der Waals surface area contributed by atoms with Gasteiger partial charge in [-0.2, -0.15) is 0 Å². The minimum atomic E-state index is -0.111. The highest BCUT2D eigenvalue weighted by atomic mass is 35.5. The van der Waals surface area contributed by atoms with Gasteiger partial charge in [0.05, 0.1) is 5.56 Å². The van der Waals surface area contributed by atoms with Crippen molar-refractivity contribution >= 4 is 17.5 Å². The number of benzene rings is 1. The number of carbonyl (C=O) groups is 1. The quantitative estimate of drug-likeness (QED) is 0.849. The number of piperidine rings is 1. The van der Waals surface area contributed by atoms with Crippen molar-refractivity contribution in [3.05, 3.63) is 28.8 Å². The van der Waals surface area contributed by atoms with Gasteiger partial charge in [0, 0.05) is 31.8 Å². The van der Waals surface area contributed by atoms with Gasteiger partial charge in [-0.1, -0.05) is 11.6 Å². The number of hydrogen-bond acceptors (Lipinski definition) is 3. The summed E-state index contributed by atoms with van der Waals surface area (Å²) in [6, 6.07) is 4.64. The second-order valence-corrected chi connectivity index (χ2v) is 5.99. The van der Waals surface area contributed by atoms with Crippen molar-refractivity contribution in [3.8, 4) is 5.75 Å². The molecule has 21 heavy (non-hydrogen) atoms. The van der Waals surface area contributed by atoms with Crippen LogP contribution in [0, 0.1) is 5.92 Å². The van der Waals surface area contributed by atoms with E-state index in [4.69, 9.17) is 16.3 Å². The Kier molecular flexibility index (Phi) is 5.88. The highest BCUT2D eigenvalue weighted by Crippen LogP contribution is 2.27. The molecule has 1 atom stereocenters. The summed E-state index contributed by atoms with van der Waals surface area (Å²) in [6.07, 6.45) is 4.26. The van der Waals surface area contributed by atoms with E-state index in [9.17, 15) is 9.90 Å². The number of halogens is 1. The molecule has 1 aliphatic heterocycles. The van der Waals surface area contributed by atoms with E-state index < -0.39 is 0 Å². The molecule has 0 spiro atoms. The zero-order valence-electron chi connectivity index (χ0n) is 12.3. The average molecular weight is 312 g/mol. The lowest BCUT2D eigenvalue weighted by Crippen LogP contribution is -2.40. The summed E-state index contributed by atoms with van der Waals surface area (Å²) in [4.78, 5) is 14.3. The van der Waals surface area contributed by atoms with Crippen molar-refractivity contribution in [1.82, 2.24) is 4.90 Å². The number of phenols is 1. The van der Waals surface area contributed by atoms with E-state index >= 15 is 0 Å². The zero-order valence-corrected chi connectivity index (χ0v) is 13.1. The molecule has 1 aliphatic rings. The summed E-state index contributed by atoms with van der Waals surface area (Å²) >= 11 is 5.80. The molecule has 0 radical (unpaired) electrons. The largest absolute Gasteiger partial charge is 0.507 e. The number of methoxy groups -OCH3 is 1. The lowest BCUT2D eigenvalue weighted by atomic mass is 9.93. The molecule has 1 amide bonds. The van der Waals surface area contributed by atoms with Gasteiger partial charge in [0.1, 0.15) is 5.75 Å². The monoisotopic (exact) mass is 311 g/mol. The van der Waals surface area contributed by atoms with Crippen LogP contribution >= 0.6 is 11.6 Å². The summed E-state index contributed by atoms with van der Waals surface area (Å²) in [6.45, 7) is 2.27. The Morgan fingerprint density at radius 3 is 3.05 bits per heavy atom. The Hall–Kier alpha value is -1.26. The highest BCUT2D eigenvalue weighted by molar-refractivity contribution is 6.30. The molecular formula is C16H22ClNO3. The Morgan fingerprint density at radius 2 is 2.33 bits per heavy atom. The van der Waals surface area contributed by atoms with Crippen LogP contribution in [0.2, 0.25) is 5.02 Å². The molecule has 1 N–H and O–H groups in total. The average Bonchev–Trinajstić information content (AvgIpc) is 2.47. The van der Waals surface area contributed by atoms with Crippen molar-refractivity contribution < 1.29 is 14.6 Å². The highest BCUT2D eigenvalue weighted by Gasteiger charge is 2.25. The van der Waals surface area contributed by atoms with Gasteiger partial charge in [0.2, 0.25) is 0 Å². The van der Waals surface area contributed by atoms with Crippen molar-refractivity contribution in [2.75, 3.05) is 26.8 Å². The number of carbonyl (C=O) groups excluding carboxylic acids is 1. The molecule has 1 fully saturated rings. The van der Waals surface area contributed by atoms with E-state index in [0.717, 1.165) is 45.4 Å². The number of phenolic OH excluding ortho intramolecular Hbond substituents is 1. The minimum absolute atomic E-state index is 0.0472. The second kappa shape index (κ2) is 7.66. The second-order valence-electron chi connectivity index (χ2n) is 5.56. The van der Waals surface area contributed by atoms with Crippen LogP contribution < -0.4 is 0 Å². The van der Waals surface area contributed by atoms with Gasteiger partial charge in [-0.3, -0.25) is 4.79 Å². The van der Waals surface area contributed by atoms with Crippen LogP contribution in [0.25, 0.3) is 0 Å². The van der Waals surface area contributed by atoms with Crippen LogP contribution in [0.4, 0.5) is 0 Å². The molecule has 116 valence electrons. The maximum Gasteiger partial charge on any atom is 0.257 e. The Morgan fingerprint density at radius 1 is 1.52 bits per heavy atom. The number of ether oxygens (including phenoxy) is 1. The smallest absolute Gasteiger partial charge is 0.257 e. The van der Waals surface area contributed by atoms with Gasteiger partial charge in [-0.25, -0.2) is 0 Å². The molecular weight excluding hydrogens is 290 g/mol. The van der Waals surface area contributed by atoms with Gasteiger partial charge >= 0.3 is 0 Å². The molecule has 1 saturated heterocycles. The fraction of sp³-hybridized carbons (Fsp3) is 0.562. The topological polar surface area (TPSA) is 49.8 Å². The molecule has 1 aromatic rings. The van der Waals surface area contributed by atoms with Crippen molar-refractivity contribution in [3.63, 3.8) is 0 Å². The van der Waals surface area contributed by atoms with Gasteiger partial charge in [-0.05, 0) is 49.8 Å². The summed E-state index contributed by atoms with van der Waals surface area (Å²) < 4.78 is 5.08. The number of aromatic hydroxyl groups is 1. The summed E-state index contributed by atoms with van der Waals surface area (Å²) in [5, 5.41) is 10.3. The minimum Gasteiger partial charge on any atom is -0.507 e. The van der Waals surface area contributed by atoms with E-state index in [1.807, 2.05) is 4.90 Å².